The molecule has 0 saturated carbocycles. The largest absolute Gasteiger partial charge is 0.325 e. The van der Waals surface area contributed by atoms with E-state index in [4.69, 9.17) is 11.6 Å². The molecule has 0 bridgehead atoms. The van der Waals surface area contributed by atoms with Crippen molar-refractivity contribution in [3.8, 4) is 0 Å². The zero-order chi connectivity index (χ0) is 21.4. The summed E-state index contributed by atoms with van der Waals surface area (Å²) in [5.41, 5.74) is 1.61. The number of sulfonamides is 1. The Morgan fingerprint density at radius 2 is 1.93 bits per heavy atom. The maximum absolute atomic E-state index is 12.6. The van der Waals surface area contributed by atoms with Crippen LogP contribution < -0.4 is 10.0 Å². The summed E-state index contributed by atoms with van der Waals surface area (Å²) < 4.78 is 27.9. The highest BCUT2D eigenvalue weighted by Gasteiger charge is 2.17. The number of hydrogen-bond donors (Lipinski definition) is 2. The molecule has 0 saturated heterocycles. The number of benzene rings is 2. The van der Waals surface area contributed by atoms with E-state index in [1.165, 1.54) is 17.8 Å². The molecule has 5 nitrogen and oxygen atoms in total. The van der Waals surface area contributed by atoms with Crippen LogP contribution in [-0.4, -0.2) is 32.9 Å². The standard InChI is InChI=1S/C20H25ClN2O3S3/c1-14(2)20(24)23-18-12-17(7-8-19(18)27-3)29(25,26)22-9-10-28-13-15-5-4-6-16(21)11-15/h4-8,11-12,14,22H,9-10,13H2,1-3H3,(H,23,24). The first-order valence-corrected chi connectivity index (χ1v) is 13.3. The summed E-state index contributed by atoms with van der Waals surface area (Å²) in [4.78, 5) is 13.0. The lowest BCUT2D eigenvalue weighted by Gasteiger charge is -2.14. The van der Waals surface area contributed by atoms with E-state index in [-0.39, 0.29) is 16.7 Å². The molecule has 0 aliphatic carbocycles. The van der Waals surface area contributed by atoms with E-state index in [2.05, 4.69) is 10.0 Å². The number of anilines is 1. The fraction of sp³-hybridized carbons (Fsp3) is 0.350. The van der Waals surface area contributed by atoms with Crippen molar-refractivity contribution < 1.29 is 13.2 Å². The lowest BCUT2D eigenvalue weighted by molar-refractivity contribution is -0.118. The topological polar surface area (TPSA) is 75.3 Å². The van der Waals surface area contributed by atoms with Gasteiger partial charge in [0.15, 0.2) is 0 Å². The third-order valence-electron chi connectivity index (χ3n) is 3.96. The highest BCUT2D eigenvalue weighted by atomic mass is 35.5. The van der Waals surface area contributed by atoms with Gasteiger partial charge in [-0.05, 0) is 42.2 Å². The number of thioether (sulfide) groups is 2. The Balaban J connectivity index is 1.96. The van der Waals surface area contributed by atoms with Crippen molar-refractivity contribution in [3.05, 3.63) is 53.1 Å². The smallest absolute Gasteiger partial charge is 0.240 e. The molecule has 0 aliphatic heterocycles. The number of hydrogen-bond acceptors (Lipinski definition) is 5. The number of amides is 1. The molecule has 158 valence electrons. The average Bonchev–Trinajstić information content (AvgIpc) is 2.67. The van der Waals surface area contributed by atoms with Gasteiger partial charge in [-0.2, -0.15) is 11.8 Å². The van der Waals surface area contributed by atoms with Gasteiger partial charge in [0, 0.05) is 33.9 Å². The Morgan fingerprint density at radius 3 is 2.59 bits per heavy atom. The summed E-state index contributed by atoms with van der Waals surface area (Å²) in [5.74, 6) is 1.04. The van der Waals surface area contributed by atoms with E-state index in [0.29, 0.717) is 23.0 Å². The summed E-state index contributed by atoms with van der Waals surface area (Å²) in [7, 11) is -3.66. The number of nitrogens with one attached hydrogen (secondary N) is 2. The maximum Gasteiger partial charge on any atom is 0.240 e. The fourth-order valence-electron chi connectivity index (χ4n) is 2.38. The van der Waals surface area contributed by atoms with Crippen LogP contribution in [0.2, 0.25) is 5.02 Å². The molecule has 29 heavy (non-hydrogen) atoms. The average molecular weight is 473 g/mol. The van der Waals surface area contributed by atoms with Crippen molar-refractivity contribution >= 4 is 56.7 Å². The van der Waals surface area contributed by atoms with Crippen LogP contribution in [0.1, 0.15) is 19.4 Å². The third-order valence-corrected chi connectivity index (χ3v) is 7.48. The molecule has 2 rings (SSSR count). The minimum Gasteiger partial charge on any atom is -0.325 e. The van der Waals surface area contributed by atoms with Crippen LogP contribution in [0.25, 0.3) is 0 Å². The molecule has 0 heterocycles. The van der Waals surface area contributed by atoms with Crippen molar-refractivity contribution in [2.24, 2.45) is 5.92 Å². The van der Waals surface area contributed by atoms with Crippen molar-refractivity contribution in [2.45, 2.75) is 29.4 Å². The fourth-order valence-corrected chi connectivity index (χ4v) is 5.12. The van der Waals surface area contributed by atoms with E-state index < -0.39 is 10.0 Å². The lowest BCUT2D eigenvalue weighted by Crippen LogP contribution is -2.26. The first-order valence-electron chi connectivity index (χ1n) is 9.03. The molecular formula is C20H25ClN2O3S3. The molecule has 2 aromatic carbocycles. The first-order chi connectivity index (χ1) is 13.7. The first kappa shape index (κ1) is 24.1. The Hall–Kier alpha value is -1.19. The van der Waals surface area contributed by atoms with Crippen LogP contribution in [-0.2, 0) is 20.6 Å². The van der Waals surface area contributed by atoms with Crippen LogP contribution in [0, 0.1) is 5.92 Å². The van der Waals surface area contributed by atoms with Crippen LogP contribution in [0.4, 0.5) is 5.69 Å². The van der Waals surface area contributed by atoms with Crippen molar-refractivity contribution in [2.75, 3.05) is 23.9 Å². The van der Waals surface area contributed by atoms with E-state index in [9.17, 15) is 13.2 Å². The van der Waals surface area contributed by atoms with Crippen molar-refractivity contribution in [1.82, 2.24) is 4.72 Å². The van der Waals surface area contributed by atoms with E-state index in [1.807, 2.05) is 30.5 Å². The number of rotatable bonds is 10. The minimum atomic E-state index is -3.66. The summed E-state index contributed by atoms with van der Waals surface area (Å²) in [6.07, 6.45) is 1.88. The van der Waals surface area contributed by atoms with Gasteiger partial charge in [0.25, 0.3) is 0 Å². The molecule has 2 aromatic rings. The maximum atomic E-state index is 12.6. The van der Waals surface area contributed by atoms with Crippen LogP contribution in [0.15, 0.2) is 52.3 Å². The molecule has 1 amide bonds. The molecule has 9 heteroatoms. The Kier molecular flexibility index (Phi) is 9.36. The Labute approximate surface area is 186 Å². The molecule has 0 fully saturated rings. The van der Waals surface area contributed by atoms with Gasteiger partial charge in [0.05, 0.1) is 10.6 Å². The van der Waals surface area contributed by atoms with Gasteiger partial charge < -0.3 is 5.32 Å². The molecule has 0 atom stereocenters. The monoisotopic (exact) mass is 472 g/mol. The lowest BCUT2D eigenvalue weighted by atomic mass is 10.2. The van der Waals surface area contributed by atoms with Gasteiger partial charge in [0.1, 0.15) is 0 Å². The Morgan fingerprint density at radius 1 is 1.17 bits per heavy atom. The SMILES string of the molecule is CSc1ccc(S(=O)(=O)NCCSCc2cccc(Cl)c2)cc1NC(=O)C(C)C. The van der Waals surface area contributed by atoms with Crippen LogP contribution in [0.5, 0.6) is 0 Å². The quantitative estimate of drug-likeness (QED) is 0.381. The summed E-state index contributed by atoms with van der Waals surface area (Å²) in [6, 6.07) is 12.4. The second kappa shape index (κ2) is 11.3. The highest BCUT2D eigenvalue weighted by molar-refractivity contribution is 7.99. The third kappa shape index (κ3) is 7.53. The van der Waals surface area contributed by atoms with Gasteiger partial charge in [0.2, 0.25) is 15.9 Å². The van der Waals surface area contributed by atoms with Gasteiger partial charge in [-0.1, -0.05) is 37.6 Å². The number of carbonyl (C=O) groups excluding carboxylic acids is 1. The van der Waals surface area contributed by atoms with Gasteiger partial charge in [-0.3, -0.25) is 4.79 Å². The van der Waals surface area contributed by atoms with E-state index >= 15 is 0 Å². The van der Waals surface area contributed by atoms with E-state index in [1.54, 1.807) is 37.7 Å². The minimum absolute atomic E-state index is 0.134. The van der Waals surface area contributed by atoms with E-state index in [0.717, 1.165) is 16.2 Å². The molecule has 0 aromatic heterocycles. The predicted molar refractivity (Wildman–Crippen MR) is 124 cm³/mol. The Bertz CT molecular complexity index is 950. The number of carbonyl (C=O) groups is 1. The second-order valence-corrected chi connectivity index (χ2v) is 10.7. The summed E-state index contributed by atoms with van der Waals surface area (Å²) in [6.45, 7) is 3.89. The zero-order valence-electron chi connectivity index (χ0n) is 16.6. The molecule has 0 unspecified atom stereocenters. The van der Waals surface area contributed by atoms with Crippen LogP contribution in [0.3, 0.4) is 0 Å². The van der Waals surface area contributed by atoms with Gasteiger partial charge >= 0.3 is 0 Å². The number of halogens is 1. The summed E-state index contributed by atoms with van der Waals surface area (Å²) in [5, 5.41) is 3.50. The molecular weight excluding hydrogens is 448 g/mol. The second-order valence-electron chi connectivity index (χ2n) is 6.59. The van der Waals surface area contributed by atoms with Gasteiger partial charge in [-0.15, -0.1) is 11.8 Å². The molecule has 0 radical (unpaired) electrons. The highest BCUT2D eigenvalue weighted by Crippen LogP contribution is 2.28. The van der Waals surface area contributed by atoms with Crippen molar-refractivity contribution in [3.63, 3.8) is 0 Å². The van der Waals surface area contributed by atoms with Crippen molar-refractivity contribution in [1.29, 1.82) is 0 Å². The molecule has 2 N–H and O–H groups in total. The predicted octanol–water partition coefficient (Wildman–Crippen LogP) is 4.87. The summed E-state index contributed by atoms with van der Waals surface area (Å²) >= 11 is 9.04. The van der Waals surface area contributed by atoms with Crippen LogP contribution >= 0.6 is 35.1 Å². The van der Waals surface area contributed by atoms with Gasteiger partial charge in [-0.25, -0.2) is 13.1 Å². The normalized spacial score (nSPS) is 11.6. The molecule has 0 spiro atoms. The molecule has 0 aliphatic rings. The zero-order valence-corrected chi connectivity index (χ0v) is 19.8.